The van der Waals surface area contributed by atoms with Crippen LogP contribution in [0, 0.1) is 0 Å². The summed E-state index contributed by atoms with van der Waals surface area (Å²) in [6.07, 6.45) is 0. The topological polar surface area (TPSA) is 51.2 Å². The number of methoxy groups -OCH3 is 2. The Bertz CT molecular complexity index is 789. The Morgan fingerprint density at radius 2 is 1.54 bits per heavy atom. The molecule has 1 heterocycles. The fourth-order valence-electron chi connectivity index (χ4n) is 3.10. The van der Waals surface area contributed by atoms with Gasteiger partial charge in [0, 0.05) is 37.2 Å². The highest BCUT2D eigenvalue weighted by Crippen LogP contribution is 2.24. The summed E-state index contributed by atoms with van der Waals surface area (Å²) in [5, 5.41) is 0. The third-order valence-corrected chi connectivity index (χ3v) is 5.49. The highest BCUT2D eigenvalue weighted by atomic mass is 79.9. The molecule has 1 aliphatic heterocycles. The Kier molecular flexibility index (Phi) is 7.17. The second-order valence-electron chi connectivity index (χ2n) is 6.50. The lowest BCUT2D eigenvalue weighted by atomic mass is 10.1. The number of rotatable bonds is 7. The van der Waals surface area contributed by atoms with Crippen LogP contribution in [0.25, 0.3) is 0 Å². The van der Waals surface area contributed by atoms with Gasteiger partial charge in [-0.15, -0.1) is 0 Å². The quantitative estimate of drug-likeness (QED) is 0.650. The van der Waals surface area contributed by atoms with Gasteiger partial charge in [-0.2, -0.15) is 0 Å². The lowest BCUT2D eigenvalue weighted by molar-refractivity contribution is 0.0619. The molecule has 6 nitrogen and oxygen atoms in total. The molecule has 0 bridgehead atoms. The maximum Gasteiger partial charge on any atom is 0.255 e. The largest absolute Gasteiger partial charge is 0.497 e. The molecule has 0 saturated carbocycles. The van der Waals surface area contributed by atoms with E-state index in [9.17, 15) is 4.79 Å². The van der Waals surface area contributed by atoms with Gasteiger partial charge in [0.1, 0.15) is 23.9 Å². The van der Waals surface area contributed by atoms with Crippen molar-refractivity contribution in [1.82, 2.24) is 9.80 Å². The van der Waals surface area contributed by atoms with Crippen LogP contribution < -0.4 is 14.2 Å². The molecule has 0 N–H and O–H groups in total. The van der Waals surface area contributed by atoms with Gasteiger partial charge in [0.25, 0.3) is 5.91 Å². The molecule has 1 fully saturated rings. The SMILES string of the molecule is COc1ccc(OCCN2CCN(C(=O)c3cc(OC)ccc3Br)CC2)cc1. The minimum Gasteiger partial charge on any atom is -0.497 e. The van der Waals surface area contributed by atoms with Crippen molar-refractivity contribution < 1.29 is 19.0 Å². The Balaban J connectivity index is 1.45. The number of halogens is 1. The van der Waals surface area contributed by atoms with Crippen molar-refractivity contribution in [3.05, 3.63) is 52.5 Å². The van der Waals surface area contributed by atoms with Crippen LogP contribution in [0.4, 0.5) is 0 Å². The van der Waals surface area contributed by atoms with Crippen LogP contribution in [0.5, 0.6) is 17.2 Å². The van der Waals surface area contributed by atoms with Gasteiger partial charge in [-0.05, 0) is 58.4 Å². The van der Waals surface area contributed by atoms with Gasteiger partial charge in [-0.3, -0.25) is 9.69 Å². The zero-order valence-electron chi connectivity index (χ0n) is 16.2. The average molecular weight is 449 g/mol. The number of amides is 1. The Morgan fingerprint density at radius 3 is 2.18 bits per heavy atom. The van der Waals surface area contributed by atoms with E-state index in [1.807, 2.05) is 41.3 Å². The van der Waals surface area contributed by atoms with Crippen molar-refractivity contribution in [3.63, 3.8) is 0 Å². The van der Waals surface area contributed by atoms with E-state index in [4.69, 9.17) is 14.2 Å². The van der Waals surface area contributed by atoms with Crippen LogP contribution in [0.1, 0.15) is 10.4 Å². The predicted octanol–water partition coefficient (Wildman–Crippen LogP) is 3.30. The summed E-state index contributed by atoms with van der Waals surface area (Å²) in [5.41, 5.74) is 0.635. The van der Waals surface area contributed by atoms with Crippen LogP contribution in [0.2, 0.25) is 0 Å². The number of piperazine rings is 1. The molecule has 7 heteroatoms. The Hall–Kier alpha value is -2.25. The van der Waals surface area contributed by atoms with Gasteiger partial charge < -0.3 is 19.1 Å². The number of carbonyl (C=O) groups is 1. The summed E-state index contributed by atoms with van der Waals surface area (Å²) >= 11 is 3.47. The van der Waals surface area contributed by atoms with Crippen molar-refractivity contribution >= 4 is 21.8 Å². The lowest BCUT2D eigenvalue weighted by Crippen LogP contribution is -2.49. The molecule has 0 spiro atoms. The van der Waals surface area contributed by atoms with Crippen molar-refractivity contribution in [2.24, 2.45) is 0 Å². The minimum absolute atomic E-state index is 0.0277. The molecule has 0 atom stereocenters. The molecule has 1 saturated heterocycles. The third kappa shape index (κ3) is 5.17. The molecule has 2 aromatic carbocycles. The maximum absolute atomic E-state index is 12.8. The number of hydrogen-bond acceptors (Lipinski definition) is 5. The van der Waals surface area contributed by atoms with E-state index in [0.717, 1.165) is 35.6 Å². The highest BCUT2D eigenvalue weighted by molar-refractivity contribution is 9.10. The molecule has 0 radical (unpaired) electrons. The monoisotopic (exact) mass is 448 g/mol. The van der Waals surface area contributed by atoms with Crippen molar-refractivity contribution in [2.45, 2.75) is 0 Å². The molecular weight excluding hydrogens is 424 g/mol. The molecule has 1 amide bonds. The van der Waals surface area contributed by atoms with Gasteiger partial charge >= 0.3 is 0 Å². The lowest BCUT2D eigenvalue weighted by Gasteiger charge is -2.34. The highest BCUT2D eigenvalue weighted by Gasteiger charge is 2.23. The van der Waals surface area contributed by atoms with Crippen molar-refractivity contribution in [2.75, 3.05) is 53.6 Å². The predicted molar refractivity (Wildman–Crippen MR) is 112 cm³/mol. The molecule has 0 aliphatic carbocycles. The number of benzene rings is 2. The second-order valence-corrected chi connectivity index (χ2v) is 7.36. The third-order valence-electron chi connectivity index (χ3n) is 4.80. The first-order valence-electron chi connectivity index (χ1n) is 9.22. The van der Waals surface area contributed by atoms with E-state index in [1.54, 1.807) is 20.3 Å². The summed E-state index contributed by atoms with van der Waals surface area (Å²) in [5.74, 6) is 2.36. The van der Waals surface area contributed by atoms with Gasteiger partial charge in [-0.25, -0.2) is 0 Å². The molecule has 3 rings (SSSR count). The van der Waals surface area contributed by atoms with Gasteiger partial charge in [0.15, 0.2) is 0 Å². The molecule has 1 aliphatic rings. The normalized spacial score (nSPS) is 14.6. The number of carbonyl (C=O) groups excluding carboxylic acids is 1. The minimum atomic E-state index is 0.0277. The van der Waals surface area contributed by atoms with E-state index in [1.165, 1.54) is 0 Å². The van der Waals surface area contributed by atoms with Gasteiger partial charge in [0.2, 0.25) is 0 Å². The fourth-order valence-corrected chi connectivity index (χ4v) is 3.52. The fraction of sp³-hybridized carbons (Fsp3) is 0.381. The van der Waals surface area contributed by atoms with Crippen LogP contribution in [0.3, 0.4) is 0 Å². The summed E-state index contributed by atoms with van der Waals surface area (Å²) in [6.45, 7) is 4.51. The second kappa shape index (κ2) is 9.80. The van der Waals surface area contributed by atoms with E-state index < -0.39 is 0 Å². The molecule has 28 heavy (non-hydrogen) atoms. The van der Waals surface area contributed by atoms with Crippen LogP contribution >= 0.6 is 15.9 Å². The van der Waals surface area contributed by atoms with Crippen LogP contribution in [-0.4, -0.2) is 69.3 Å². The van der Waals surface area contributed by atoms with Crippen molar-refractivity contribution in [1.29, 1.82) is 0 Å². The number of hydrogen-bond donors (Lipinski definition) is 0. The first kappa shape index (κ1) is 20.5. The Labute approximate surface area is 174 Å². The summed E-state index contributed by atoms with van der Waals surface area (Å²) in [6, 6.07) is 13.0. The van der Waals surface area contributed by atoms with Gasteiger partial charge in [0.05, 0.1) is 19.8 Å². The summed E-state index contributed by atoms with van der Waals surface area (Å²) < 4.78 is 17.0. The van der Waals surface area contributed by atoms with Gasteiger partial charge in [-0.1, -0.05) is 0 Å². The molecular formula is C21H25BrN2O4. The summed E-state index contributed by atoms with van der Waals surface area (Å²) in [7, 11) is 3.25. The zero-order chi connectivity index (χ0) is 19.9. The van der Waals surface area contributed by atoms with E-state index in [0.29, 0.717) is 31.0 Å². The molecule has 0 aromatic heterocycles. The van der Waals surface area contributed by atoms with E-state index >= 15 is 0 Å². The molecule has 0 unspecified atom stereocenters. The summed E-state index contributed by atoms with van der Waals surface area (Å²) in [4.78, 5) is 17.0. The zero-order valence-corrected chi connectivity index (χ0v) is 17.8. The van der Waals surface area contributed by atoms with Crippen LogP contribution in [-0.2, 0) is 0 Å². The number of ether oxygens (including phenoxy) is 3. The van der Waals surface area contributed by atoms with Crippen molar-refractivity contribution in [3.8, 4) is 17.2 Å². The van der Waals surface area contributed by atoms with E-state index in [-0.39, 0.29) is 5.91 Å². The Morgan fingerprint density at radius 1 is 0.929 bits per heavy atom. The standard InChI is InChI=1S/C21H25BrN2O4/c1-26-16-3-5-17(6-4-16)28-14-13-23-9-11-24(12-10-23)21(25)19-15-18(27-2)7-8-20(19)22/h3-8,15H,9-14H2,1-2H3. The molecule has 2 aromatic rings. The maximum atomic E-state index is 12.8. The average Bonchev–Trinajstić information content (AvgIpc) is 2.74. The van der Waals surface area contributed by atoms with E-state index in [2.05, 4.69) is 20.8 Å². The first-order valence-corrected chi connectivity index (χ1v) is 10.0. The first-order chi connectivity index (χ1) is 13.6. The van der Waals surface area contributed by atoms with Crippen LogP contribution in [0.15, 0.2) is 46.9 Å². The number of nitrogens with zero attached hydrogens (tertiary/aromatic N) is 2. The smallest absolute Gasteiger partial charge is 0.255 e. The molecule has 150 valence electrons.